The minimum atomic E-state index is -3.68. The number of hydrogen-bond acceptors (Lipinski definition) is 5. The molecule has 0 spiro atoms. The fraction of sp³-hybridized carbons (Fsp3) is 0.0909. The Morgan fingerprint density at radius 1 is 0.967 bits per heavy atom. The zero-order chi connectivity index (χ0) is 21.1. The summed E-state index contributed by atoms with van der Waals surface area (Å²) in [5.74, 6) is -1.30. The van der Waals surface area contributed by atoms with Crippen LogP contribution in [0.15, 0.2) is 77.7 Å². The number of carbonyl (C=O) groups is 1. The van der Waals surface area contributed by atoms with Crippen LogP contribution >= 0.6 is 11.3 Å². The number of nitrogens with one attached hydrogen (secondary N) is 1. The van der Waals surface area contributed by atoms with Gasteiger partial charge < -0.3 is 5.32 Å². The summed E-state index contributed by atoms with van der Waals surface area (Å²) >= 11 is 1.52. The second-order valence-electron chi connectivity index (χ2n) is 6.60. The zero-order valence-corrected chi connectivity index (χ0v) is 17.3. The highest BCUT2D eigenvalue weighted by Crippen LogP contribution is 2.34. The molecule has 0 unspecified atom stereocenters. The molecule has 1 heterocycles. The lowest BCUT2D eigenvalue weighted by Crippen LogP contribution is -2.17. The third-order valence-corrected chi connectivity index (χ3v) is 7.30. The normalized spacial score (nSPS) is 11.5. The lowest BCUT2D eigenvalue weighted by atomic mass is 10.2. The minimum absolute atomic E-state index is 0.00780. The van der Waals surface area contributed by atoms with E-state index in [9.17, 15) is 17.6 Å². The summed E-state index contributed by atoms with van der Waals surface area (Å²) < 4.78 is 38.8. The van der Waals surface area contributed by atoms with E-state index in [1.165, 1.54) is 23.5 Å². The number of aromatic nitrogens is 1. The first-order valence-electron chi connectivity index (χ1n) is 9.15. The van der Waals surface area contributed by atoms with Gasteiger partial charge in [-0.2, -0.15) is 0 Å². The number of fused-ring (bicyclic) bond motifs is 1. The molecule has 0 bridgehead atoms. The molecule has 4 rings (SSSR count). The van der Waals surface area contributed by atoms with Crippen LogP contribution in [0.5, 0.6) is 0 Å². The molecule has 0 fully saturated rings. The number of amides is 1. The maximum Gasteiger partial charge on any atom is 0.225 e. The topological polar surface area (TPSA) is 76.1 Å². The van der Waals surface area contributed by atoms with Crippen LogP contribution in [0.4, 0.5) is 10.1 Å². The molecule has 152 valence electrons. The van der Waals surface area contributed by atoms with Crippen LogP contribution in [0.1, 0.15) is 6.42 Å². The van der Waals surface area contributed by atoms with E-state index in [4.69, 9.17) is 0 Å². The van der Waals surface area contributed by atoms with Crippen molar-refractivity contribution in [2.24, 2.45) is 0 Å². The number of halogens is 1. The fourth-order valence-electron chi connectivity index (χ4n) is 2.97. The van der Waals surface area contributed by atoms with Gasteiger partial charge in [-0.05, 0) is 48.5 Å². The van der Waals surface area contributed by atoms with Gasteiger partial charge in [0.15, 0.2) is 9.84 Å². The number of sulfone groups is 1. The maximum absolute atomic E-state index is 13.0. The van der Waals surface area contributed by atoms with Gasteiger partial charge in [-0.1, -0.05) is 24.3 Å². The summed E-state index contributed by atoms with van der Waals surface area (Å²) in [5.41, 5.74) is 2.22. The molecule has 0 radical (unpaired) electrons. The van der Waals surface area contributed by atoms with Gasteiger partial charge in [0.2, 0.25) is 5.91 Å². The van der Waals surface area contributed by atoms with E-state index in [1.807, 2.05) is 36.4 Å². The Bertz CT molecular complexity index is 1280. The number of thiazole rings is 1. The highest BCUT2D eigenvalue weighted by Gasteiger charge is 2.18. The van der Waals surface area contributed by atoms with E-state index in [0.29, 0.717) is 5.69 Å². The number of hydrogen-bond donors (Lipinski definition) is 1. The predicted molar refractivity (Wildman–Crippen MR) is 117 cm³/mol. The molecule has 0 aliphatic carbocycles. The van der Waals surface area contributed by atoms with Crippen molar-refractivity contribution in [3.8, 4) is 10.6 Å². The van der Waals surface area contributed by atoms with E-state index in [2.05, 4.69) is 10.3 Å². The van der Waals surface area contributed by atoms with Gasteiger partial charge >= 0.3 is 0 Å². The Hall–Kier alpha value is -3.10. The standard InChI is InChI=1S/C22H17FN2O3S2/c23-15-9-11-16(12-10-15)30(27,28)14-13-21(26)24-18-6-2-1-5-17(18)22-25-19-7-3-4-8-20(19)29-22/h1-12H,13-14H2,(H,24,26). The Morgan fingerprint density at radius 3 is 2.43 bits per heavy atom. The van der Waals surface area contributed by atoms with E-state index >= 15 is 0 Å². The number of nitrogens with zero attached hydrogens (tertiary/aromatic N) is 1. The van der Waals surface area contributed by atoms with E-state index in [0.717, 1.165) is 32.9 Å². The third-order valence-electron chi connectivity index (χ3n) is 4.50. The van der Waals surface area contributed by atoms with Gasteiger partial charge in [0.25, 0.3) is 0 Å². The van der Waals surface area contributed by atoms with Crippen molar-refractivity contribution in [3.63, 3.8) is 0 Å². The van der Waals surface area contributed by atoms with E-state index < -0.39 is 21.6 Å². The van der Waals surface area contributed by atoms with Gasteiger partial charge in [0.05, 0.1) is 26.6 Å². The van der Waals surface area contributed by atoms with E-state index in [1.54, 1.807) is 12.1 Å². The number of carbonyl (C=O) groups excluding carboxylic acids is 1. The van der Waals surface area contributed by atoms with Gasteiger partial charge in [-0.3, -0.25) is 4.79 Å². The highest BCUT2D eigenvalue weighted by molar-refractivity contribution is 7.91. The molecular formula is C22H17FN2O3S2. The number of rotatable bonds is 6. The largest absolute Gasteiger partial charge is 0.325 e. The first-order chi connectivity index (χ1) is 14.4. The van der Waals surface area contributed by atoms with Crippen LogP contribution in [0, 0.1) is 5.82 Å². The SMILES string of the molecule is O=C(CCS(=O)(=O)c1ccc(F)cc1)Nc1ccccc1-c1nc2ccccc2s1. The third kappa shape index (κ3) is 4.39. The lowest BCUT2D eigenvalue weighted by Gasteiger charge is -2.10. The van der Waals surface area contributed by atoms with Crippen LogP contribution in [0.3, 0.4) is 0 Å². The Kier molecular flexibility index (Phi) is 5.61. The molecule has 0 aliphatic heterocycles. The molecule has 3 aromatic carbocycles. The van der Waals surface area contributed by atoms with Gasteiger partial charge in [-0.25, -0.2) is 17.8 Å². The van der Waals surface area contributed by atoms with Crippen molar-refractivity contribution < 1.29 is 17.6 Å². The number of para-hydroxylation sites is 2. The molecule has 0 aliphatic rings. The summed E-state index contributed by atoms with van der Waals surface area (Å²) in [4.78, 5) is 17.1. The fourth-order valence-corrected chi connectivity index (χ4v) is 5.21. The summed E-state index contributed by atoms with van der Waals surface area (Å²) in [6.07, 6.45) is -0.214. The molecular weight excluding hydrogens is 423 g/mol. The van der Waals surface area contributed by atoms with E-state index in [-0.39, 0.29) is 17.1 Å². The molecule has 1 aromatic heterocycles. The van der Waals surface area contributed by atoms with Crippen molar-refractivity contribution in [2.75, 3.05) is 11.1 Å². The molecule has 8 heteroatoms. The first-order valence-corrected chi connectivity index (χ1v) is 11.6. The van der Waals surface area contributed by atoms with Crippen molar-refractivity contribution in [3.05, 3.63) is 78.6 Å². The molecule has 1 N–H and O–H groups in total. The zero-order valence-electron chi connectivity index (χ0n) is 15.7. The smallest absolute Gasteiger partial charge is 0.225 e. The van der Waals surface area contributed by atoms with Crippen LogP contribution in [0.2, 0.25) is 0 Å². The van der Waals surface area contributed by atoms with Crippen LogP contribution in [-0.2, 0) is 14.6 Å². The van der Waals surface area contributed by atoms with Gasteiger partial charge in [0.1, 0.15) is 10.8 Å². The Morgan fingerprint density at radius 2 is 1.67 bits per heavy atom. The summed E-state index contributed by atoms with van der Waals surface area (Å²) in [7, 11) is -3.68. The molecule has 30 heavy (non-hydrogen) atoms. The summed E-state index contributed by atoms with van der Waals surface area (Å²) in [6, 6.07) is 19.6. The second kappa shape index (κ2) is 8.33. The van der Waals surface area contributed by atoms with Crippen molar-refractivity contribution in [2.45, 2.75) is 11.3 Å². The first kappa shape index (κ1) is 20.2. The van der Waals surface area contributed by atoms with Gasteiger partial charge in [0, 0.05) is 12.0 Å². The predicted octanol–water partition coefficient (Wildman–Crippen LogP) is 4.90. The molecule has 0 saturated carbocycles. The van der Waals surface area contributed by atoms with Gasteiger partial charge in [-0.15, -0.1) is 11.3 Å². The molecule has 1 amide bonds. The summed E-state index contributed by atoms with van der Waals surface area (Å²) in [5, 5.41) is 3.56. The van der Waals surface area contributed by atoms with Crippen LogP contribution in [-0.4, -0.2) is 25.1 Å². The number of anilines is 1. The molecule has 5 nitrogen and oxygen atoms in total. The average Bonchev–Trinajstić information content (AvgIpc) is 3.17. The molecule has 4 aromatic rings. The van der Waals surface area contributed by atoms with Crippen molar-refractivity contribution in [1.29, 1.82) is 0 Å². The number of benzene rings is 3. The van der Waals surface area contributed by atoms with Crippen LogP contribution < -0.4 is 5.32 Å². The minimum Gasteiger partial charge on any atom is -0.325 e. The lowest BCUT2D eigenvalue weighted by molar-refractivity contribution is -0.115. The maximum atomic E-state index is 13.0. The average molecular weight is 441 g/mol. The quantitative estimate of drug-likeness (QED) is 0.433. The Labute approximate surface area is 177 Å². The van der Waals surface area contributed by atoms with Crippen molar-refractivity contribution in [1.82, 2.24) is 4.98 Å². The molecule has 0 atom stereocenters. The monoisotopic (exact) mass is 440 g/mol. The van der Waals surface area contributed by atoms with Crippen LogP contribution in [0.25, 0.3) is 20.8 Å². The van der Waals surface area contributed by atoms with Crippen molar-refractivity contribution >= 4 is 43.0 Å². The second-order valence-corrected chi connectivity index (χ2v) is 9.74. The Balaban J connectivity index is 1.49. The summed E-state index contributed by atoms with van der Waals surface area (Å²) in [6.45, 7) is 0. The highest BCUT2D eigenvalue weighted by atomic mass is 32.2. The molecule has 0 saturated heterocycles.